The number of aryl methyl sites for hydroxylation is 1. The Labute approximate surface area is 183 Å². The number of carbonyl (C=O) groups excluding carboxylic acids is 1. The van der Waals surface area contributed by atoms with E-state index in [0.29, 0.717) is 18.1 Å². The first-order chi connectivity index (χ1) is 14.9. The van der Waals surface area contributed by atoms with Crippen LogP contribution in [0.1, 0.15) is 39.7 Å². The second kappa shape index (κ2) is 8.64. The molecule has 0 atom stereocenters. The molecule has 3 aromatic rings. The van der Waals surface area contributed by atoms with Gasteiger partial charge >= 0.3 is 6.09 Å². The van der Waals surface area contributed by atoms with Crippen LogP contribution in [-0.4, -0.2) is 27.8 Å². The molecule has 0 radical (unpaired) electrons. The zero-order valence-corrected chi connectivity index (χ0v) is 18.5. The van der Waals surface area contributed by atoms with Gasteiger partial charge in [0.05, 0.1) is 11.2 Å². The van der Waals surface area contributed by atoms with E-state index >= 15 is 0 Å². The fraction of sp³-hybridized carbons (Fsp3) is 0.348. The van der Waals surface area contributed by atoms with Gasteiger partial charge in [-0.05, 0) is 57.9 Å². The first kappa shape index (κ1) is 23.3. The molecule has 0 aliphatic heterocycles. The lowest BCUT2D eigenvalue weighted by Gasteiger charge is -2.28. The van der Waals surface area contributed by atoms with Crippen molar-refractivity contribution in [3.63, 3.8) is 0 Å². The van der Waals surface area contributed by atoms with Gasteiger partial charge in [0.1, 0.15) is 28.4 Å². The van der Waals surface area contributed by atoms with Crippen LogP contribution in [0.2, 0.25) is 0 Å². The lowest BCUT2D eigenvalue weighted by molar-refractivity contribution is 0.0577. The summed E-state index contributed by atoms with van der Waals surface area (Å²) in [5.41, 5.74) is -1.44. The third-order valence-electron chi connectivity index (χ3n) is 4.57. The Kier molecular flexibility index (Phi) is 6.29. The van der Waals surface area contributed by atoms with Crippen molar-refractivity contribution in [3.8, 4) is 5.69 Å². The average molecular weight is 447 g/mol. The normalized spacial score (nSPS) is 11.6. The highest BCUT2D eigenvalue weighted by atomic mass is 19.1. The number of benzene rings is 2. The lowest BCUT2D eigenvalue weighted by Crippen LogP contribution is -2.41. The topological polar surface area (TPSA) is 64.4 Å². The Bertz CT molecular complexity index is 1230. The molecule has 2 aromatic carbocycles. The van der Waals surface area contributed by atoms with E-state index in [1.165, 1.54) is 6.07 Å². The quantitative estimate of drug-likeness (QED) is 0.547. The van der Waals surface area contributed by atoms with Gasteiger partial charge in [0, 0.05) is 12.6 Å². The minimum Gasteiger partial charge on any atom is -0.443 e. The minimum atomic E-state index is -0.943. The van der Waals surface area contributed by atoms with Gasteiger partial charge in [0.25, 0.3) is 5.56 Å². The van der Waals surface area contributed by atoms with Crippen molar-refractivity contribution in [2.45, 2.75) is 46.6 Å². The predicted molar refractivity (Wildman–Crippen MR) is 116 cm³/mol. The second-order valence-corrected chi connectivity index (χ2v) is 8.40. The Morgan fingerprint density at radius 1 is 1.12 bits per heavy atom. The highest BCUT2D eigenvalue weighted by Crippen LogP contribution is 2.25. The minimum absolute atomic E-state index is 0.0442. The van der Waals surface area contributed by atoms with E-state index in [0.717, 1.165) is 27.7 Å². The molecule has 9 heteroatoms. The monoisotopic (exact) mass is 447 g/mol. The molecule has 0 saturated heterocycles. The van der Waals surface area contributed by atoms with Crippen molar-refractivity contribution in [2.24, 2.45) is 0 Å². The van der Waals surface area contributed by atoms with Gasteiger partial charge in [-0.3, -0.25) is 4.79 Å². The fourth-order valence-corrected chi connectivity index (χ4v) is 3.27. The molecule has 0 fully saturated rings. The molecule has 0 saturated carbocycles. The number of ether oxygens (including phenoxy) is 1. The van der Waals surface area contributed by atoms with Crippen LogP contribution in [0.4, 0.5) is 23.9 Å². The van der Waals surface area contributed by atoms with Crippen LogP contribution in [-0.2, 0) is 4.74 Å². The third-order valence-corrected chi connectivity index (χ3v) is 4.57. The molecule has 0 N–H and O–H groups in total. The fourth-order valence-electron chi connectivity index (χ4n) is 3.27. The van der Waals surface area contributed by atoms with Crippen LogP contribution >= 0.6 is 0 Å². The third kappa shape index (κ3) is 4.61. The first-order valence-electron chi connectivity index (χ1n) is 10.1. The largest absolute Gasteiger partial charge is 0.443 e. The summed E-state index contributed by atoms with van der Waals surface area (Å²) in [5, 5.41) is -0.348. The molecular weight excluding hydrogens is 423 g/mol. The van der Waals surface area contributed by atoms with Gasteiger partial charge in [-0.1, -0.05) is 13.0 Å². The van der Waals surface area contributed by atoms with Crippen molar-refractivity contribution in [1.29, 1.82) is 0 Å². The van der Waals surface area contributed by atoms with E-state index < -0.39 is 34.7 Å². The Balaban J connectivity index is 2.42. The molecule has 0 unspecified atom stereocenters. The lowest BCUT2D eigenvalue weighted by atomic mass is 10.1. The number of hydrogen-bond donors (Lipinski definition) is 0. The van der Waals surface area contributed by atoms with Gasteiger partial charge in [-0.25, -0.2) is 32.4 Å². The smallest absolute Gasteiger partial charge is 0.417 e. The Hall–Kier alpha value is -3.36. The highest BCUT2D eigenvalue weighted by molar-refractivity contribution is 5.89. The zero-order chi connectivity index (χ0) is 23.8. The molecule has 0 aliphatic rings. The van der Waals surface area contributed by atoms with Gasteiger partial charge in [-0.15, -0.1) is 0 Å². The molecule has 1 amide bonds. The summed E-state index contributed by atoms with van der Waals surface area (Å²) in [7, 11) is 0. The molecule has 0 aliphatic carbocycles. The number of aromatic nitrogens is 2. The molecular formula is C23H24F3N3O3. The molecule has 3 rings (SSSR count). The number of hydrogen-bond acceptors (Lipinski definition) is 4. The van der Waals surface area contributed by atoms with Crippen LogP contribution in [0.25, 0.3) is 16.6 Å². The van der Waals surface area contributed by atoms with Gasteiger partial charge in [0.2, 0.25) is 5.95 Å². The number of amides is 1. The molecule has 1 heterocycles. The van der Waals surface area contributed by atoms with E-state index in [4.69, 9.17) is 4.74 Å². The molecule has 32 heavy (non-hydrogen) atoms. The second-order valence-electron chi connectivity index (χ2n) is 8.40. The number of nitrogens with zero attached hydrogens (tertiary/aromatic N) is 3. The van der Waals surface area contributed by atoms with Crippen LogP contribution in [0.3, 0.4) is 0 Å². The van der Waals surface area contributed by atoms with Gasteiger partial charge in [-0.2, -0.15) is 0 Å². The van der Waals surface area contributed by atoms with Crippen molar-refractivity contribution < 1.29 is 22.7 Å². The van der Waals surface area contributed by atoms with Crippen LogP contribution in [0.15, 0.2) is 35.1 Å². The maximum absolute atomic E-state index is 14.6. The summed E-state index contributed by atoms with van der Waals surface area (Å²) < 4.78 is 48.9. The Morgan fingerprint density at radius 2 is 1.75 bits per heavy atom. The summed E-state index contributed by atoms with van der Waals surface area (Å²) in [6.45, 7) is 8.57. The van der Waals surface area contributed by atoms with Crippen molar-refractivity contribution >= 4 is 22.9 Å². The molecule has 1 aromatic heterocycles. The van der Waals surface area contributed by atoms with E-state index in [1.54, 1.807) is 34.6 Å². The SMILES string of the molecule is CCCN(C(=O)OC(C)(C)C)c1nc2c(C)ccc(F)c2c(=O)n1-c1cc(F)cc(F)c1. The zero-order valence-electron chi connectivity index (χ0n) is 18.5. The van der Waals surface area contributed by atoms with Crippen molar-refractivity contribution in [3.05, 3.63) is 63.7 Å². The summed E-state index contributed by atoms with van der Waals surface area (Å²) in [5.74, 6) is -2.94. The number of fused-ring (bicyclic) bond motifs is 1. The van der Waals surface area contributed by atoms with E-state index in [9.17, 15) is 22.8 Å². The first-order valence-corrected chi connectivity index (χ1v) is 10.1. The van der Waals surface area contributed by atoms with Crippen LogP contribution in [0.5, 0.6) is 0 Å². The molecule has 0 bridgehead atoms. The maximum atomic E-state index is 14.6. The Morgan fingerprint density at radius 3 is 2.31 bits per heavy atom. The molecule has 0 spiro atoms. The molecule has 6 nitrogen and oxygen atoms in total. The number of carbonyl (C=O) groups is 1. The van der Waals surface area contributed by atoms with E-state index in [1.807, 2.05) is 0 Å². The van der Waals surface area contributed by atoms with Crippen LogP contribution < -0.4 is 10.5 Å². The van der Waals surface area contributed by atoms with Gasteiger partial charge in [0.15, 0.2) is 0 Å². The summed E-state index contributed by atoms with van der Waals surface area (Å²) >= 11 is 0. The summed E-state index contributed by atoms with van der Waals surface area (Å²) in [6, 6.07) is 5.04. The number of rotatable bonds is 4. The maximum Gasteiger partial charge on any atom is 0.417 e. The van der Waals surface area contributed by atoms with E-state index in [-0.39, 0.29) is 29.1 Å². The average Bonchev–Trinajstić information content (AvgIpc) is 2.66. The summed E-state index contributed by atoms with van der Waals surface area (Å²) in [6.07, 6.45) is -0.336. The number of anilines is 1. The standard InChI is InChI=1S/C23H24F3N3O3/c1-6-9-28(22(31)32-23(3,4)5)21-27-19-13(2)7-8-17(26)18(19)20(30)29(21)16-11-14(24)10-15(25)12-16/h7-8,10-12H,6,9H2,1-5H3. The van der Waals surface area contributed by atoms with Crippen molar-refractivity contribution in [1.82, 2.24) is 9.55 Å². The van der Waals surface area contributed by atoms with Crippen LogP contribution in [0, 0.1) is 24.4 Å². The highest BCUT2D eigenvalue weighted by Gasteiger charge is 2.29. The van der Waals surface area contributed by atoms with Crippen molar-refractivity contribution in [2.75, 3.05) is 11.4 Å². The molecule has 170 valence electrons. The summed E-state index contributed by atoms with van der Waals surface area (Å²) in [4.78, 5) is 31.9. The number of halogens is 3. The predicted octanol–water partition coefficient (Wildman–Crippen LogP) is 5.26. The van der Waals surface area contributed by atoms with E-state index in [2.05, 4.69) is 4.98 Å². The van der Waals surface area contributed by atoms with Gasteiger partial charge < -0.3 is 4.74 Å².